The van der Waals surface area contributed by atoms with Gasteiger partial charge >= 0.3 is 7.82 Å². The van der Waals surface area contributed by atoms with E-state index in [1.165, 1.54) is 13.8 Å². The van der Waals surface area contributed by atoms with Gasteiger partial charge in [0.15, 0.2) is 0 Å². The predicted octanol–water partition coefficient (Wildman–Crippen LogP) is 0.116. The van der Waals surface area contributed by atoms with Crippen molar-refractivity contribution in [2.24, 2.45) is 5.41 Å². The number of hydrogen-bond donors (Lipinski definition) is 5. The molecule has 0 aliphatic rings. The van der Waals surface area contributed by atoms with Gasteiger partial charge in [0.1, 0.15) is 6.10 Å². The molecule has 0 rings (SSSR count). The number of rotatable bonds is 12. The molecule has 12 heteroatoms. The highest BCUT2D eigenvalue weighted by Gasteiger charge is 2.35. The van der Waals surface area contributed by atoms with Crippen LogP contribution in [0.5, 0.6) is 0 Å². The van der Waals surface area contributed by atoms with Crippen molar-refractivity contribution in [2.75, 3.05) is 31.7 Å². The van der Waals surface area contributed by atoms with E-state index in [-0.39, 0.29) is 18.9 Å². The van der Waals surface area contributed by atoms with Gasteiger partial charge < -0.3 is 25.5 Å². The van der Waals surface area contributed by atoms with Crippen molar-refractivity contribution in [3.8, 4) is 0 Å². The molecule has 0 aromatic rings. The minimum Gasteiger partial charge on any atom is -0.383 e. The summed E-state index contributed by atoms with van der Waals surface area (Å²) in [5.74, 6) is -0.165. The van der Waals surface area contributed by atoms with E-state index >= 15 is 0 Å². The van der Waals surface area contributed by atoms with Crippen molar-refractivity contribution in [3.05, 3.63) is 0 Å². The maximum Gasteiger partial charge on any atom is 0.469 e. The molecule has 0 saturated carbocycles. The van der Waals surface area contributed by atoms with Crippen LogP contribution in [-0.2, 0) is 18.7 Å². The summed E-state index contributed by atoms with van der Waals surface area (Å²) >= 11 is 0. The van der Waals surface area contributed by atoms with Gasteiger partial charge in [0.2, 0.25) is 11.8 Å². The molecule has 0 aromatic heterocycles. The summed E-state index contributed by atoms with van der Waals surface area (Å²) in [7, 11) is -1.45. The van der Waals surface area contributed by atoms with Crippen LogP contribution in [0.25, 0.3) is 0 Å². The summed E-state index contributed by atoms with van der Waals surface area (Å²) in [6.07, 6.45) is 0.478. The number of aliphatic hydroxyl groups excluding tert-OH is 1. The molecule has 0 aromatic carbocycles. The molecule has 2 amide bonds. The highest BCUT2D eigenvalue weighted by Crippen LogP contribution is 2.38. The van der Waals surface area contributed by atoms with Crippen molar-refractivity contribution in [1.29, 1.82) is 0 Å². The molecule has 0 heterocycles. The van der Waals surface area contributed by atoms with Crippen molar-refractivity contribution in [3.63, 3.8) is 0 Å². The molecule has 0 spiro atoms. The molecular weight excluding hydrogens is 379 g/mol. The van der Waals surface area contributed by atoms with Gasteiger partial charge in [-0.05, 0) is 6.26 Å². The van der Waals surface area contributed by atoms with Crippen LogP contribution in [0.15, 0.2) is 0 Å². The van der Waals surface area contributed by atoms with E-state index in [1.54, 1.807) is 21.6 Å². The molecule has 0 aliphatic carbocycles. The third-order valence-corrected chi connectivity index (χ3v) is 5.15. The number of phosphoric ester groups is 1. The fraction of sp³-hybridized carbons (Fsp3) is 0.833. The first-order chi connectivity index (χ1) is 11.0. The summed E-state index contributed by atoms with van der Waals surface area (Å²) in [6.45, 7) is 2.95. The molecule has 142 valence electrons. The Hall–Kier alpha value is -0.290. The molecule has 1 atom stereocenters. The zero-order valence-electron chi connectivity index (χ0n) is 13.9. The van der Waals surface area contributed by atoms with Crippen LogP contribution < -0.4 is 10.6 Å². The summed E-state index contributed by atoms with van der Waals surface area (Å²) < 4.78 is 15.0. The van der Waals surface area contributed by atoms with Gasteiger partial charge in [-0.15, -0.1) is 0 Å². The fourth-order valence-electron chi connectivity index (χ4n) is 1.48. The summed E-state index contributed by atoms with van der Waals surface area (Å²) in [5.41, 5.74) is -1.21. The summed E-state index contributed by atoms with van der Waals surface area (Å²) in [4.78, 5) is 40.7. The van der Waals surface area contributed by atoms with E-state index in [0.29, 0.717) is 6.54 Å². The minimum absolute atomic E-state index is 0.0484. The number of carbonyl (C=O) groups excluding carboxylic acids is 2. The number of hydrogen-bond acceptors (Lipinski definition) is 7. The highest BCUT2D eigenvalue weighted by molar-refractivity contribution is 8.76. The Morgan fingerprint density at radius 2 is 1.88 bits per heavy atom. The lowest BCUT2D eigenvalue weighted by Gasteiger charge is -2.29. The maximum absolute atomic E-state index is 11.8. The second-order valence-corrected chi connectivity index (χ2v) is 9.46. The zero-order valence-corrected chi connectivity index (χ0v) is 16.4. The Labute approximate surface area is 149 Å². The SMILES string of the molecule is CSSCCNC(=O)CCNC(=O)[C@H](O)C(C)(C)COP(=O)(O)O. The standard InChI is InChI=1S/C12H25N2O7PS2/c1-12(2,8-21-22(18,19)20)10(16)11(17)14-5-4-9(15)13-6-7-24-23-3/h10,16H,4-8H2,1-3H3,(H,13,15)(H,14,17)(H2,18,19,20)/t10-/m0/s1. The van der Waals surface area contributed by atoms with E-state index in [4.69, 9.17) is 9.79 Å². The monoisotopic (exact) mass is 404 g/mol. The smallest absolute Gasteiger partial charge is 0.383 e. The first kappa shape index (κ1) is 23.7. The molecule has 9 nitrogen and oxygen atoms in total. The molecule has 24 heavy (non-hydrogen) atoms. The maximum atomic E-state index is 11.8. The van der Waals surface area contributed by atoms with Crippen molar-refractivity contribution in [1.82, 2.24) is 10.6 Å². The second kappa shape index (κ2) is 11.3. The van der Waals surface area contributed by atoms with E-state index < -0.39 is 31.9 Å². The van der Waals surface area contributed by atoms with Gasteiger partial charge in [-0.2, -0.15) is 0 Å². The zero-order chi connectivity index (χ0) is 18.8. The molecule has 0 unspecified atom stereocenters. The van der Waals surface area contributed by atoms with Crippen LogP contribution in [0, 0.1) is 5.41 Å². The van der Waals surface area contributed by atoms with Gasteiger partial charge in [-0.1, -0.05) is 35.4 Å². The molecule has 0 saturated heterocycles. The topological polar surface area (TPSA) is 145 Å². The third kappa shape index (κ3) is 11.3. The molecule has 5 N–H and O–H groups in total. The highest BCUT2D eigenvalue weighted by atomic mass is 33.1. The largest absolute Gasteiger partial charge is 0.469 e. The lowest BCUT2D eigenvalue weighted by atomic mass is 9.87. The molecule has 0 aliphatic heterocycles. The number of nitrogens with one attached hydrogen (secondary N) is 2. The van der Waals surface area contributed by atoms with Crippen LogP contribution in [0.4, 0.5) is 0 Å². The summed E-state index contributed by atoms with van der Waals surface area (Å²) in [6, 6.07) is 0. The average Bonchev–Trinajstić information content (AvgIpc) is 2.48. The quantitative estimate of drug-likeness (QED) is 0.174. The lowest BCUT2D eigenvalue weighted by Crippen LogP contribution is -2.46. The minimum atomic E-state index is -4.68. The number of aliphatic hydroxyl groups is 1. The first-order valence-electron chi connectivity index (χ1n) is 7.08. The van der Waals surface area contributed by atoms with Gasteiger partial charge in [0, 0.05) is 30.7 Å². The lowest BCUT2D eigenvalue weighted by molar-refractivity contribution is -0.137. The second-order valence-electron chi connectivity index (χ2n) is 5.53. The van der Waals surface area contributed by atoms with Crippen LogP contribution >= 0.6 is 29.4 Å². The first-order valence-corrected chi connectivity index (χ1v) is 11.3. The van der Waals surface area contributed by atoms with Crippen LogP contribution in [0.2, 0.25) is 0 Å². The summed E-state index contributed by atoms with van der Waals surface area (Å²) in [5, 5.41) is 15.1. The van der Waals surface area contributed by atoms with E-state index in [0.717, 1.165) is 5.75 Å². The van der Waals surface area contributed by atoms with Crippen molar-refractivity contribution < 1.29 is 33.6 Å². The Balaban J connectivity index is 4.13. The molecule has 0 bridgehead atoms. The Kier molecular flexibility index (Phi) is 11.2. The molecular formula is C12H25N2O7PS2. The van der Waals surface area contributed by atoms with Gasteiger partial charge in [-0.3, -0.25) is 14.1 Å². The Morgan fingerprint density at radius 3 is 2.42 bits per heavy atom. The fourth-order valence-corrected chi connectivity index (χ4v) is 3.09. The van der Waals surface area contributed by atoms with Crippen LogP contribution in [0.1, 0.15) is 20.3 Å². The molecule has 0 fully saturated rings. The van der Waals surface area contributed by atoms with E-state index in [9.17, 15) is 19.3 Å². The molecule has 0 radical (unpaired) electrons. The predicted molar refractivity (Wildman–Crippen MR) is 94.4 cm³/mol. The average molecular weight is 404 g/mol. The number of phosphoric acid groups is 1. The van der Waals surface area contributed by atoms with Crippen LogP contribution in [0.3, 0.4) is 0 Å². The Bertz CT molecular complexity index is 459. The van der Waals surface area contributed by atoms with E-state index in [1.807, 2.05) is 6.26 Å². The van der Waals surface area contributed by atoms with Gasteiger partial charge in [0.05, 0.1) is 6.61 Å². The Morgan fingerprint density at radius 1 is 1.25 bits per heavy atom. The normalized spacial score (nSPS) is 13.4. The third-order valence-electron chi connectivity index (χ3n) is 2.87. The number of carbonyl (C=O) groups is 2. The van der Waals surface area contributed by atoms with Gasteiger partial charge in [0.25, 0.3) is 0 Å². The number of amides is 2. The van der Waals surface area contributed by atoms with E-state index in [2.05, 4.69) is 15.2 Å². The van der Waals surface area contributed by atoms with Crippen LogP contribution in [-0.4, -0.2) is 64.5 Å². The van der Waals surface area contributed by atoms with Gasteiger partial charge in [-0.25, -0.2) is 4.57 Å². The van der Waals surface area contributed by atoms with Crippen molar-refractivity contribution >= 4 is 41.2 Å². The van der Waals surface area contributed by atoms with Crippen molar-refractivity contribution in [2.45, 2.75) is 26.4 Å².